The van der Waals surface area contributed by atoms with Crippen molar-refractivity contribution in [3.05, 3.63) is 23.4 Å². The Labute approximate surface area is 102 Å². The standard InChI is InChI=1S/C13H19N3O/c1-4-13(5-2,9-17)16-12-7-11(8-14)6-10(3)15-12/h6-7,17H,4-5,9H2,1-3H3,(H,15,16). The SMILES string of the molecule is CCC(CC)(CO)Nc1cc(C#N)cc(C)n1. The molecule has 0 radical (unpaired) electrons. The lowest BCUT2D eigenvalue weighted by molar-refractivity contribution is 0.202. The van der Waals surface area contributed by atoms with E-state index in [1.54, 1.807) is 12.1 Å². The fourth-order valence-electron chi connectivity index (χ4n) is 1.76. The van der Waals surface area contributed by atoms with Gasteiger partial charge in [0.2, 0.25) is 0 Å². The van der Waals surface area contributed by atoms with E-state index in [2.05, 4.69) is 16.4 Å². The zero-order valence-electron chi connectivity index (χ0n) is 10.6. The number of aliphatic hydroxyl groups excluding tert-OH is 1. The normalized spacial score (nSPS) is 11.0. The molecule has 0 aliphatic carbocycles. The molecule has 0 bridgehead atoms. The molecule has 0 aromatic carbocycles. The third-order valence-electron chi connectivity index (χ3n) is 3.13. The number of nitrogens with one attached hydrogen (secondary N) is 1. The van der Waals surface area contributed by atoms with Crippen molar-refractivity contribution in [1.29, 1.82) is 5.26 Å². The molecule has 1 rings (SSSR count). The van der Waals surface area contributed by atoms with Gasteiger partial charge in [0.05, 0.1) is 23.8 Å². The predicted octanol–water partition coefficient (Wildman–Crippen LogP) is 2.22. The first-order chi connectivity index (χ1) is 8.09. The second-order valence-electron chi connectivity index (χ2n) is 4.26. The molecule has 0 saturated heterocycles. The number of hydrogen-bond acceptors (Lipinski definition) is 4. The van der Waals surface area contributed by atoms with Crippen LogP contribution in [0.3, 0.4) is 0 Å². The lowest BCUT2D eigenvalue weighted by Crippen LogP contribution is -2.41. The van der Waals surface area contributed by atoms with Crippen molar-refractivity contribution in [2.24, 2.45) is 0 Å². The van der Waals surface area contributed by atoms with Gasteiger partial charge >= 0.3 is 0 Å². The average molecular weight is 233 g/mol. The number of aryl methyl sites for hydroxylation is 1. The van der Waals surface area contributed by atoms with E-state index in [4.69, 9.17) is 5.26 Å². The first kappa shape index (κ1) is 13.5. The third kappa shape index (κ3) is 3.18. The van der Waals surface area contributed by atoms with Crippen LogP contribution in [-0.4, -0.2) is 22.2 Å². The van der Waals surface area contributed by atoms with Crippen LogP contribution in [0.1, 0.15) is 37.9 Å². The van der Waals surface area contributed by atoms with Gasteiger partial charge in [-0.2, -0.15) is 5.26 Å². The fraction of sp³-hybridized carbons (Fsp3) is 0.538. The van der Waals surface area contributed by atoms with Crippen LogP contribution in [-0.2, 0) is 0 Å². The molecular formula is C13H19N3O. The molecule has 0 fully saturated rings. The van der Waals surface area contributed by atoms with Crippen LogP contribution in [0.2, 0.25) is 0 Å². The lowest BCUT2D eigenvalue weighted by atomic mass is 9.94. The molecule has 0 aliphatic heterocycles. The molecule has 1 aromatic rings. The Balaban J connectivity index is 3.02. The third-order valence-corrected chi connectivity index (χ3v) is 3.13. The molecule has 0 atom stereocenters. The van der Waals surface area contributed by atoms with E-state index in [-0.39, 0.29) is 12.1 Å². The van der Waals surface area contributed by atoms with Gasteiger partial charge < -0.3 is 10.4 Å². The summed E-state index contributed by atoms with van der Waals surface area (Å²) in [7, 11) is 0. The lowest BCUT2D eigenvalue weighted by Gasteiger charge is -2.31. The van der Waals surface area contributed by atoms with Crippen LogP contribution in [0.5, 0.6) is 0 Å². The number of aliphatic hydroxyl groups is 1. The fourth-order valence-corrected chi connectivity index (χ4v) is 1.76. The first-order valence-electron chi connectivity index (χ1n) is 5.87. The van der Waals surface area contributed by atoms with Gasteiger partial charge in [0.25, 0.3) is 0 Å². The van der Waals surface area contributed by atoms with Crippen LogP contribution in [0.4, 0.5) is 5.82 Å². The van der Waals surface area contributed by atoms with Crippen molar-refractivity contribution in [3.8, 4) is 6.07 Å². The molecular weight excluding hydrogens is 214 g/mol. The monoisotopic (exact) mass is 233 g/mol. The van der Waals surface area contributed by atoms with Crippen molar-refractivity contribution >= 4 is 5.82 Å². The number of hydrogen-bond donors (Lipinski definition) is 2. The molecule has 0 amide bonds. The molecule has 92 valence electrons. The minimum atomic E-state index is -0.354. The summed E-state index contributed by atoms with van der Waals surface area (Å²) in [6.45, 7) is 5.95. The maximum absolute atomic E-state index is 9.48. The number of rotatable bonds is 5. The number of nitrogens with zero attached hydrogens (tertiary/aromatic N) is 2. The highest BCUT2D eigenvalue weighted by molar-refractivity contribution is 5.46. The van der Waals surface area contributed by atoms with E-state index < -0.39 is 0 Å². The number of aromatic nitrogens is 1. The number of anilines is 1. The van der Waals surface area contributed by atoms with Gasteiger partial charge in [0.15, 0.2) is 0 Å². The Hall–Kier alpha value is -1.60. The van der Waals surface area contributed by atoms with E-state index in [1.165, 1.54) is 0 Å². The highest BCUT2D eigenvalue weighted by Crippen LogP contribution is 2.21. The molecule has 2 N–H and O–H groups in total. The van der Waals surface area contributed by atoms with Crippen LogP contribution in [0.15, 0.2) is 12.1 Å². The highest BCUT2D eigenvalue weighted by Gasteiger charge is 2.25. The van der Waals surface area contributed by atoms with Crippen molar-refractivity contribution in [1.82, 2.24) is 4.98 Å². The quantitative estimate of drug-likeness (QED) is 0.818. The number of nitriles is 1. The van der Waals surface area contributed by atoms with E-state index in [0.29, 0.717) is 11.4 Å². The van der Waals surface area contributed by atoms with E-state index in [1.807, 2.05) is 20.8 Å². The van der Waals surface area contributed by atoms with Gasteiger partial charge in [-0.25, -0.2) is 4.98 Å². The van der Waals surface area contributed by atoms with Crippen LogP contribution < -0.4 is 5.32 Å². The maximum atomic E-state index is 9.48. The van der Waals surface area contributed by atoms with Crippen LogP contribution in [0.25, 0.3) is 0 Å². The molecule has 0 spiro atoms. The van der Waals surface area contributed by atoms with Crippen molar-refractivity contribution < 1.29 is 5.11 Å². The van der Waals surface area contributed by atoms with Gasteiger partial charge in [-0.3, -0.25) is 0 Å². The second kappa shape index (κ2) is 5.65. The summed E-state index contributed by atoms with van der Waals surface area (Å²) < 4.78 is 0. The molecule has 17 heavy (non-hydrogen) atoms. The molecule has 4 nitrogen and oxygen atoms in total. The zero-order valence-corrected chi connectivity index (χ0v) is 10.6. The minimum absolute atomic E-state index is 0.0531. The van der Waals surface area contributed by atoms with Crippen LogP contribution >= 0.6 is 0 Å². The Kier molecular flexibility index (Phi) is 4.47. The largest absolute Gasteiger partial charge is 0.394 e. The first-order valence-corrected chi connectivity index (χ1v) is 5.87. The summed E-state index contributed by atoms with van der Waals surface area (Å²) in [4.78, 5) is 4.34. The Bertz CT molecular complexity index is 411. The summed E-state index contributed by atoms with van der Waals surface area (Å²) in [6, 6.07) is 5.56. The maximum Gasteiger partial charge on any atom is 0.128 e. The number of pyridine rings is 1. The molecule has 0 unspecified atom stereocenters. The van der Waals surface area contributed by atoms with Gasteiger partial charge in [-0.15, -0.1) is 0 Å². The summed E-state index contributed by atoms with van der Waals surface area (Å²) in [6.07, 6.45) is 1.61. The summed E-state index contributed by atoms with van der Waals surface area (Å²) in [5.41, 5.74) is 1.03. The van der Waals surface area contributed by atoms with Crippen molar-refractivity contribution in [2.75, 3.05) is 11.9 Å². The average Bonchev–Trinajstić information content (AvgIpc) is 2.35. The van der Waals surface area contributed by atoms with Gasteiger partial charge in [-0.1, -0.05) is 13.8 Å². The van der Waals surface area contributed by atoms with Gasteiger partial charge in [0.1, 0.15) is 5.82 Å². The molecule has 0 aliphatic rings. The molecule has 1 aromatic heterocycles. The second-order valence-corrected chi connectivity index (χ2v) is 4.26. The zero-order chi connectivity index (χ0) is 12.9. The topological polar surface area (TPSA) is 68.9 Å². The Morgan fingerprint density at radius 2 is 2.06 bits per heavy atom. The van der Waals surface area contributed by atoms with Gasteiger partial charge in [-0.05, 0) is 31.9 Å². The van der Waals surface area contributed by atoms with E-state index in [0.717, 1.165) is 18.5 Å². The summed E-state index contributed by atoms with van der Waals surface area (Å²) in [5, 5.41) is 21.6. The Morgan fingerprint density at radius 3 is 2.53 bits per heavy atom. The van der Waals surface area contributed by atoms with E-state index >= 15 is 0 Å². The van der Waals surface area contributed by atoms with Gasteiger partial charge in [0, 0.05) is 5.69 Å². The van der Waals surface area contributed by atoms with Crippen molar-refractivity contribution in [2.45, 2.75) is 39.2 Å². The predicted molar refractivity (Wildman–Crippen MR) is 67.7 cm³/mol. The summed E-state index contributed by atoms with van der Waals surface area (Å²) >= 11 is 0. The smallest absolute Gasteiger partial charge is 0.128 e. The van der Waals surface area contributed by atoms with E-state index in [9.17, 15) is 5.11 Å². The molecule has 4 heteroatoms. The highest BCUT2D eigenvalue weighted by atomic mass is 16.3. The minimum Gasteiger partial charge on any atom is -0.394 e. The van der Waals surface area contributed by atoms with Crippen LogP contribution in [0, 0.1) is 18.3 Å². The van der Waals surface area contributed by atoms with Crippen molar-refractivity contribution in [3.63, 3.8) is 0 Å². The Morgan fingerprint density at radius 1 is 1.41 bits per heavy atom. The molecule has 1 heterocycles. The molecule has 0 saturated carbocycles. The summed E-state index contributed by atoms with van der Waals surface area (Å²) in [5.74, 6) is 0.652.